The highest BCUT2D eigenvalue weighted by atomic mass is 16.5. The molecule has 0 N–H and O–H groups in total. The van der Waals surface area contributed by atoms with Gasteiger partial charge in [0.15, 0.2) is 0 Å². The summed E-state index contributed by atoms with van der Waals surface area (Å²) in [7, 11) is 1.75. The first kappa shape index (κ1) is 12.1. The van der Waals surface area contributed by atoms with Gasteiger partial charge in [-0.25, -0.2) is 4.68 Å². The van der Waals surface area contributed by atoms with Crippen LogP contribution in [0.4, 0.5) is 0 Å². The summed E-state index contributed by atoms with van der Waals surface area (Å²) in [6, 6.07) is 0.326. The van der Waals surface area contributed by atoms with Crippen molar-refractivity contribution in [2.75, 3.05) is 33.4 Å². The van der Waals surface area contributed by atoms with Crippen molar-refractivity contribution in [3.8, 4) is 0 Å². The van der Waals surface area contributed by atoms with Crippen molar-refractivity contribution in [1.29, 1.82) is 0 Å². The summed E-state index contributed by atoms with van der Waals surface area (Å²) in [6.07, 6.45) is 4.27. The highest BCUT2D eigenvalue weighted by Crippen LogP contribution is 2.29. The van der Waals surface area contributed by atoms with Crippen LogP contribution in [0.3, 0.4) is 0 Å². The molecular weight excluding hydrogens is 232 g/mol. The second kappa shape index (κ2) is 5.34. The SMILES string of the molecule is COCCCN1CC[C@@H]2OCc3cnnn3[C@H]2C1. The smallest absolute Gasteiger partial charge is 0.0929 e. The number of fused-ring (bicyclic) bond motifs is 3. The Bertz CT molecular complexity index is 395. The second-order valence-corrected chi connectivity index (χ2v) is 5.02. The predicted molar refractivity (Wildman–Crippen MR) is 65.2 cm³/mol. The zero-order chi connectivity index (χ0) is 12.4. The minimum absolute atomic E-state index is 0.304. The van der Waals surface area contributed by atoms with E-state index in [0.29, 0.717) is 18.8 Å². The van der Waals surface area contributed by atoms with Crippen LogP contribution in [0.15, 0.2) is 6.20 Å². The third-order valence-corrected chi connectivity index (χ3v) is 3.84. The van der Waals surface area contributed by atoms with Gasteiger partial charge in [0.05, 0.1) is 30.6 Å². The second-order valence-electron chi connectivity index (χ2n) is 5.02. The number of piperidine rings is 1. The van der Waals surface area contributed by atoms with Crippen LogP contribution in [-0.2, 0) is 16.1 Å². The predicted octanol–water partition coefficient (Wildman–Crippen LogP) is 0.460. The van der Waals surface area contributed by atoms with Crippen LogP contribution in [-0.4, -0.2) is 59.3 Å². The van der Waals surface area contributed by atoms with Crippen molar-refractivity contribution in [2.24, 2.45) is 0 Å². The zero-order valence-corrected chi connectivity index (χ0v) is 10.8. The number of rotatable bonds is 4. The first-order valence-corrected chi connectivity index (χ1v) is 6.60. The molecule has 0 aromatic carbocycles. The van der Waals surface area contributed by atoms with E-state index in [1.165, 1.54) is 0 Å². The molecule has 100 valence electrons. The summed E-state index contributed by atoms with van der Waals surface area (Å²) >= 11 is 0. The Hall–Kier alpha value is -0.980. The lowest BCUT2D eigenvalue weighted by Gasteiger charge is -2.41. The molecule has 2 atom stereocenters. The molecule has 1 aromatic rings. The maximum atomic E-state index is 5.89. The van der Waals surface area contributed by atoms with Crippen LogP contribution in [0.1, 0.15) is 24.6 Å². The van der Waals surface area contributed by atoms with Gasteiger partial charge in [0.25, 0.3) is 0 Å². The molecule has 2 aliphatic rings. The van der Waals surface area contributed by atoms with Gasteiger partial charge >= 0.3 is 0 Å². The number of hydrogen-bond donors (Lipinski definition) is 0. The lowest BCUT2D eigenvalue weighted by Crippen LogP contribution is -2.48. The van der Waals surface area contributed by atoms with Gasteiger partial charge in [0, 0.05) is 33.4 Å². The molecule has 0 amide bonds. The Labute approximate surface area is 107 Å². The molecular formula is C12H20N4O2. The quantitative estimate of drug-likeness (QED) is 0.729. The highest BCUT2D eigenvalue weighted by Gasteiger charge is 2.35. The van der Waals surface area contributed by atoms with Gasteiger partial charge in [0.2, 0.25) is 0 Å². The van der Waals surface area contributed by atoms with Gasteiger partial charge in [-0.1, -0.05) is 5.21 Å². The largest absolute Gasteiger partial charge is 0.385 e. The monoisotopic (exact) mass is 252 g/mol. The Kier molecular flexibility index (Phi) is 3.58. The Morgan fingerprint density at radius 2 is 2.50 bits per heavy atom. The number of methoxy groups -OCH3 is 1. The molecule has 3 heterocycles. The van der Waals surface area contributed by atoms with E-state index in [-0.39, 0.29) is 0 Å². The average Bonchev–Trinajstić information content (AvgIpc) is 2.87. The van der Waals surface area contributed by atoms with Crippen molar-refractivity contribution in [2.45, 2.75) is 31.6 Å². The van der Waals surface area contributed by atoms with Gasteiger partial charge in [-0.05, 0) is 12.8 Å². The maximum absolute atomic E-state index is 5.89. The van der Waals surface area contributed by atoms with E-state index in [0.717, 1.165) is 44.8 Å². The summed E-state index contributed by atoms with van der Waals surface area (Å²) in [4.78, 5) is 2.47. The molecule has 1 saturated heterocycles. The standard InChI is InChI=1S/C12H20N4O2/c1-17-6-2-4-15-5-3-12-11(8-15)16-10(9-18-12)7-13-14-16/h7,11-12H,2-6,8-9H2,1H3/t11-,12-/m0/s1. The van der Waals surface area contributed by atoms with Crippen molar-refractivity contribution in [1.82, 2.24) is 19.9 Å². The van der Waals surface area contributed by atoms with E-state index in [2.05, 4.69) is 19.9 Å². The van der Waals surface area contributed by atoms with Crippen molar-refractivity contribution < 1.29 is 9.47 Å². The van der Waals surface area contributed by atoms with Crippen LogP contribution in [0.25, 0.3) is 0 Å². The highest BCUT2D eigenvalue weighted by molar-refractivity contribution is 5.01. The first-order valence-electron chi connectivity index (χ1n) is 6.60. The first-order chi connectivity index (χ1) is 8.88. The zero-order valence-electron chi connectivity index (χ0n) is 10.8. The van der Waals surface area contributed by atoms with E-state index in [9.17, 15) is 0 Å². The molecule has 6 nitrogen and oxygen atoms in total. The normalized spacial score (nSPS) is 27.8. The molecule has 2 aliphatic heterocycles. The summed E-state index contributed by atoms with van der Waals surface area (Å²) in [6.45, 7) is 4.67. The topological polar surface area (TPSA) is 52.4 Å². The third kappa shape index (κ3) is 2.28. The number of ether oxygens (including phenoxy) is 2. The summed E-state index contributed by atoms with van der Waals surface area (Å²) in [5.41, 5.74) is 1.09. The number of aromatic nitrogens is 3. The van der Waals surface area contributed by atoms with Crippen LogP contribution in [0.2, 0.25) is 0 Å². The van der Waals surface area contributed by atoms with Gasteiger partial charge in [-0.2, -0.15) is 0 Å². The van der Waals surface area contributed by atoms with E-state index >= 15 is 0 Å². The van der Waals surface area contributed by atoms with Crippen molar-refractivity contribution >= 4 is 0 Å². The fourth-order valence-corrected chi connectivity index (χ4v) is 2.88. The van der Waals surface area contributed by atoms with Gasteiger partial charge < -0.3 is 14.4 Å². The molecule has 18 heavy (non-hydrogen) atoms. The molecule has 0 unspecified atom stereocenters. The van der Waals surface area contributed by atoms with E-state index in [4.69, 9.17) is 9.47 Å². The van der Waals surface area contributed by atoms with Gasteiger partial charge in [-0.15, -0.1) is 5.10 Å². The fraction of sp³-hybridized carbons (Fsp3) is 0.833. The molecule has 0 spiro atoms. The van der Waals surface area contributed by atoms with E-state index in [1.54, 1.807) is 13.3 Å². The minimum atomic E-state index is 0.304. The molecule has 0 saturated carbocycles. The van der Waals surface area contributed by atoms with Gasteiger partial charge in [-0.3, -0.25) is 0 Å². The molecule has 0 aliphatic carbocycles. The maximum Gasteiger partial charge on any atom is 0.0929 e. The third-order valence-electron chi connectivity index (χ3n) is 3.84. The van der Waals surface area contributed by atoms with Crippen molar-refractivity contribution in [3.63, 3.8) is 0 Å². The summed E-state index contributed by atoms with van der Waals surface area (Å²) in [5, 5.41) is 8.20. The van der Waals surface area contributed by atoms with Crippen LogP contribution in [0, 0.1) is 0 Å². The fourth-order valence-electron chi connectivity index (χ4n) is 2.88. The minimum Gasteiger partial charge on any atom is -0.385 e. The average molecular weight is 252 g/mol. The molecule has 6 heteroatoms. The number of likely N-dealkylation sites (tertiary alicyclic amines) is 1. The van der Waals surface area contributed by atoms with E-state index in [1.807, 2.05) is 0 Å². The lowest BCUT2D eigenvalue weighted by atomic mass is 10.0. The lowest BCUT2D eigenvalue weighted by molar-refractivity contribution is -0.0661. The summed E-state index contributed by atoms with van der Waals surface area (Å²) in [5.74, 6) is 0. The number of hydrogen-bond acceptors (Lipinski definition) is 5. The van der Waals surface area contributed by atoms with Crippen LogP contribution >= 0.6 is 0 Å². The molecule has 3 rings (SSSR count). The van der Waals surface area contributed by atoms with Gasteiger partial charge in [0.1, 0.15) is 0 Å². The summed E-state index contributed by atoms with van der Waals surface area (Å²) < 4.78 is 13.0. The van der Waals surface area contributed by atoms with Crippen LogP contribution in [0.5, 0.6) is 0 Å². The van der Waals surface area contributed by atoms with Crippen molar-refractivity contribution in [3.05, 3.63) is 11.9 Å². The van der Waals surface area contributed by atoms with Crippen LogP contribution < -0.4 is 0 Å². The number of nitrogens with zero attached hydrogens (tertiary/aromatic N) is 4. The Morgan fingerprint density at radius 1 is 1.56 bits per heavy atom. The molecule has 1 aromatic heterocycles. The molecule has 0 radical (unpaired) electrons. The van der Waals surface area contributed by atoms with E-state index < -0.39 is 0 Å². The molecule has 0 bridgehead atoms. The molecule has 1 fully saturated rings. The Morgan fingerprint density at radius 3 is 3.39 bits per heavy atom. The Balaban J connectivity index is 1.64.